The highest BCUT2D eigenvalue weighted by Gasteiger charge is 2.19. The van der Waals surface area contributed by atoms with Gasteiger partial charge in [-0.3, -0.25) is 9.69 Å². The first-order chi connectivity index (χ1) is 13.7. The lowest BCUT2D eigenvalue weighted by atomic mass is 10.1. The SMILES string of the molecule is CCCC(=O)Nc1ccc(N2CCN(Cc3ccc4c(c3)OCO4)CC2)nc1. The molecular weight excluding hydrogens is 356 g/mol. The summed E-state index contributed by atoms with van der Waals surface area (Å²) in [6.07, 6.45) is 3.11. The van der Waals surface area contributed by atoms with Crippen molar-refractivity contribution in [2.45, 2.75) is 26.3 Å². The molecular formula is C21H26N4O3. The van der Waals surface area contributed by atoms with Gasteiger partial charge in [0, 0.05) is 39.1 Å². The summed E-state index contributed by atoms with van der Waals surface area (Å²) in [6, 6.07) is 10.1. The lowest BCUT2D eigenvalue weighted by Gasteiger charge is -2.35. The molecule has 1 aromatic carbocycles. The van der Waals surface area contributed by atoms with Crippen LogP contribution in [0.3, 0.4) is 0 Å². The summed E-state index contributed by atoms with van der Waals surface area (Å²) >= 11 is 0. The monoisotopic (exact) mass is 382 g/mol. The molecule has 1 saturated heterocycles. The summed E-state index contributed by atoms with van der Waals surface area (Å²) < 4.78 is 10.8. The maximum atomic E-state index is 11.7. The van der Waals surface area contributed by atoms with Crippen molar-refractivity contribution in [3.05, 3.63) is 42.1 Å². The fourth-order valence-corrected chi connectivity index (χ4v) is 3.53. The number of aromatic nitrogens is 1. The molecule has 0 atom stereocenters. The van der Waals surface area contributed by atoms with E-state index < -0.39 is 0 Å². The van der Waals surface area contributed by atoms with Gasteiger partial charge in [0.25, 0.3) is 0 Å². The third-order valence-corrected chi connectivity index (χ3v) is 5.05. The number of nitrogens with zero attached hydrogens (tertiary/aromatic N) is 3. The molecule has 2 aliphatic heterocycles. The molecule has 0 spiro atoms. The Morgan fingerprint density at radius 3 is 2.68 bits per heavy atom. The van der Waals surface area contributed by atoms with Gasteiger partial charge in [0.15, 0.2) is 11.5 Å². The van der Waals surface area contributed by atoms with E-state index in [2.05, 4.69) is 32.2 Å². The van der Waals surface area contributed by atoms with E-state index in [4.69, 9.17) is 9.47 Å². The van der Waals surface area contributed by atoms with Crippen LogP contribution in [-0.2, 0) is 11.3 Å². The number of fused-ring (bicyclic) bond motifs is 1. The first kappa shape index (κ1) is 18.6. The van der Waals surface area contributed by atoms with Crippen molar-refractivity contribution in [1.82, 2.24) is 9.88 Å². The second-order valence-electron chi connectivity index (χ2n) is 7.15. The van der Waals surface area contributed by atoms with Crippen molar-refractivity contribution in [2.75, 3.05) is 43.2 Å². The highest BCUT2D eigenvalue weighted by atomic mass is 16.7. The zero-order chi connectivity index (χ0) is 19.3. The third-order valence-electron chi connectivity index (χ3n) is 5.05. The Labute approximate surface area is 165 Å². The number of piperazine rings is 1. The standard InChI is InChI=1S/C21H26N4O3/c1-2-3-21(26)23-17-5-7-20(22-13-17)25-10-8-24(9-11-25)14-16-4-6-18-19(12-16)28-15-27-18/h4-7,12-13H,2-3,8-11,14-15H2,1H3,(H,23,26). The molecule has 2 aliphatic rings. The summed E-state index contributed by atoms with van der Waals surface area (Å²) in [5.74, 6) is 2.66. The average molecular weight is 382 g/mol. The van der Waals surface area contributed by atoms with E-state index >= 15 is 0 Å². The van der Waals surface area contributed by atoms with E-state index in [-0.39, 0.29) is 5.91 Å². The summed E-state index contributed by atoms with van der Waals surface area (Å²) in [6.45, 7) is 7.02. The number of hydrogen-bond donors (Lipinski definition) is 1. The van der Waals surface area contributed by atoms with Gasteiger partial charge in [0.2, 0.25) is 12.7 Å². The highest BCUT2D eigenvalue weighted by Crippen LogP contribution is 2.32. The number of pyridine rings is 1. The van der Waals surface area contributed by atoms with Gasteiger partial charge in [-0.1, -0.05) is 13.0 Å². The van der Waals surface area contributed by atoms with Gasteiger partial charge in [-0.2, -0.15) is 0 Å². The Hall–Kier alpha value is -2.80. The summed E-state index contributed by atoms with van der Waals surface area (Å²) in [5.41, 5.74) is 1.99. The van der Waals surface area contributed by atoms with E-state index in [1.54, 1.807) is 6.20 Å². The average Bonchev–Trinajstić information content (AvgIpc) is 3.17. The molecule has 7 heteroatoms. The van der Waals surface area contributed by atoms with Gasteiger partial charge >= 0.3 is 0 Å². The number of rotatable bonds is 6. The first-order valence-electron chi connectivity index (χ1n) is 9.83. The number of ether oxygens (including phenoxy) is 2. The third kappa shape index (κ3) is 4.36. The van der Waals surface area contributed by atoms with E-state index in [1.807, 2.05) is 25.1 Å². The van der Waals surface area contributed by atoms with Crippen LogP contribution in [0.25, 0.3) is 0 Å². The predicted octanol–water partition coefficient (Wildman–Crippen LogP) is 2.87. The number of carbonyl (C=O) groups is 1. The van der Waals surface area contributed by atoms with Crippen molar-refractivity contribution >= 4 is 17.4 Å². The van der Waals surface area contributed by atoms with Crippen molar-refractivity contribution in [3.63, 3.8) is 0 Å². The van der Waals surface area contributed by atoms with Crippen LogP contribution >= 0.6 is 0 Å². The zero-order valence-electron chi connectivity index (χ0n) is 16.2. The van der Waals surface area contributed by atoms with Crippen LogP contribution in [-0.4, -0.2) is 48.8 Å². The predicted molar refractivity (Wildman–Crippen MR) is 108 cm³/mol. The maximum Gasteiger partial charge on any atom is 0.231 e. The van der Waals surface area contributed by atoms with Crippen molar-refractivity contribution < 1.29 is 14.3 Å². The Kier molecular flexibility index (Phi) is 5.62. The molecule has 0 unspecified atom stereocenters. The van der Waals surface area contributed by atoms with Crippen LogP contribution in [0.15, 0.2) is 36.5 Å². The number of carbonyl (C=O) groups excluding carboxylic acids is 1. The molecule has 28 heavy (non-hydrogen) atoms. The van der Waals surface area contributed by atoms with Gasteiger partial charge < -0.3 is 19.7 Å². The lowest BCUT2D eigenvalue weighted by Crippen LogP contribution is -2.46. The molecule has 3 heterocycles. The van der Waals surface area contributed by atoms with Gasteiger partial charge in [0.05, 0.1) is 11.9 Å². The number of hydrogen-bond acceptors (Lipinski definition) is 6. The van der Waals surface area contributed by atoms with Crippen molar-refractivity contribution in [1.29, 1.82) is 0 Å². The van der Waals surface area contributed by atoms with Crippen LogP contribution in [0.2, 0.25) is 0 Å². The summed E-state index contributed by atoms with van der Waals surface area (Å²) in [4.78, 5) is 20.9. The fraction of sp³-hybridized carbons (Fsp3) is 0.429. The molecule has 1 aromatic heterocycles. The number of benzene rings is 1. The first-order valence-corrected chi connectivity index (χ1v) is 9.83. The van der Waals surface area contributed by atoms with Crippen LogP contribution in [0.1, 0.15) is 25.3 Å². The Bertz CT molecular complexity index is 817. The smallest absolute Gasteiger partial charge is 0.231 e. The number of nitrogens with one attached hydrogen (secondary N) is 1. The topological polar surface area (TPSA) is 66.9 Å². The van der Waals surface area contributed by atoms with Crippen LogP contribution in [0, 0.1) is 0 Å². The van der Waals surface area contributed by atoms with Gasteiger partial charge in [-0.25, -0.2) is 4.98 Å². The molecule has 4 rings (SSSR count). The zero-order valence-corrected chi connectivity index (χ0v) is 16.2. The molecule has 2 aromatic rings. The van der Waals surface area contributed by atoms with Crippen LogP contribution < -0.4 is 19.7 Å². The second kappa shape index (κ2) is 8.48. The molecule has 0 aliphatic carbocycles. The highest BCUT2D eigenvalue weighted by molar-refractivity contribution is 5.90. The summed E-state index contributed by atoms with van der Waals surface area (Å²) in [7, 11) is 0. The largest absolute Gasteiger partial charge is 0.454 e. The normalized spacial score (nSPS) is 16.2. The Balaban J connectivity index is 1.28. The van der Waals surface area contributed by atoms with Gasteiger partial charge in [-0.15, -0.1) is 0 Å². The number of anilines is 2. The van der Waals surface area contributed by atoms with E-state index in [1.165, 1.54) is 5.56 Å². The Morgan fingerprint density at radius 1 is 1.11 bits per heavy atom. The van der Waals surface area contributed by atoms with Crippen molar-refractivity contribution in [2.24, 2.45) is 0 Å². The molecule has 7 nitrogen and oxygen atoms in total. The molecule has 148 valence electrons. The maximum absolute atomic E-state index is 11.7. The molecule has 0 bridgehead atoms. The lowest BCUT2D eigenvalue weighted by molar-refractivity contribution is -0.116. The minimum atomic E-state index is 0.0363. The van der Waals surface area contributed by atoms with Crippen LogP contribution in [0.5, 0.6) is 11.5 Å². The van der Waals surface area contributed by atoms with E-state index in [0.29, 0.717) is 13.2 Å². The van der Waals surface area contributed by atoms with E-state index in [9.17, 15) is 4.79 Å². The molecule has 1 amide bonds. The fourth-order valence-electron chi connectivity index (χ4n) is 3.53. The quantitative estimate of drug-likeness (QED) is 0.829. The van der Waals surface area contributed by atoms with Gasteiger partial charge in [-0.05, 0) is 36.2 Å². The minimum absolute atomic E-state index is 0.0363. The number of amides is 1. The van der Waals surface area contributed by atoms with Crippen molar-refractivity contribution in [3.8, 4) is 11.5 Å². The minimum Gasteiger partial charge on any atom is -0.454 e. The summed E-state index contributed by atoms with van der Waals surface area (Å²) in [5, 5.41) is 2.88. The molecule has 1 fully saturated rings. The van der Waals surface area contributed by atoms with Gasteiger partial charge in [0.1, 0.15) is 5.82 Å². The Morgan fingerprint density at radius 2 is 1.93 bits per heavy atom. The molecule has 0 saturated carbocycles. The molecule has 0 radical (unpaired) electrons. The van der Waals surface area contributed by atoms with Crippen LogP contribution in [0.4, 0.5) is 11.5 Å². The second-order valence-corrected chi connectivity index (χ2v) is 7.15. The van der Waals surface area contributed by atoms with E-state index in [0.717, 1.165) is 62.1 Å². The molecule has 1 N–H and O–H groups in total.